The maximum absolute atomic E-state index is 11.4. The van der Waals surface area contributed by atoms with Gasteiger partial charge in [0.1, 0.15) is 0 Å². The SMILES string of the molecule is CP(C)(=O)CCC=NCc1ccccc1. The van der Waals surface area contributed by atoms with Crippen LogP contribution in [0, 0.1) is 0 Å². The molecule has 0 bridgehead atoms. The predicted octanol–water partition coefficient (Wildman–Crippen LogP) is 3.27. The van der Waals surface area contributed by atoms with Gasteiger partial charge in [-0.1, -0.05) is 30.3 Å². The van der Waals surface area contributed by atoms with Crippen molar-refractivity contribution in [3.05, 3.63) is 35.9 Å². The molecule has 2 nitrogen and oxygen atoms in total. The van der Waals surface area contributed by atoms with Crippen LogP contribution in [0.3, 0.4) is 0 Å². The molecule has 3 heteroatoms. The van der Waals surface area contributed by atoms with Gasteiger partial charge in [-0.2, -0.15) is 0 Å². The van der Waals surface area contributed by atoms with Crippen molar-refractivity contribution in [1.82, 2.24) is 0 Å². The molecule has 0 radical (unpaired) electrons. The van der Waals surface area contributed by atoms with Crippen molar-refractivity contribution >= 4 is 13.4 Å². The van der Waals surface area contributed by atoms with E-state index in [0.717, 1.165) is 19.1 Å². The normalized spacial score (nSPS) is 12.1. The molecule has 0 spiro atoms. The molecule has 1 aromatic carbocycles. The Labute approximate surface area is 91.8 Å². The third-order valence-corrected chi connectivity index (χ3v) is 3.38. The molecule has 0 heterocycles. The van der Waals surface area contributed by atoms with Crippen molar-refractivity contribution in [2.24, 2.45) is 4.99 Å². The summed E-state index contributed by atoms with van der Waals surface area (Å²) in [5, 5.41) is 0. The lowest BCUT2D eigenvalue weighted by molar-refractivity contribution is 0.582. The molecule has 0 aliphatic carbocycles. The van der Waals surface area contributed by atoms with Crippen LogP contribution in [-0.4, -0.2) is 25.7 Å². The van der Waals surface area contributed by atoms with E-state index in [2.05, 4.69) is 17.1 Å². The molecule has 1 aromatic rings. The van der Waals surface area contributed by atoms with Crippen molar-refractivity contribution in [3.8, 4) is 0 Å². The largest absolute Gasteiger partial charge is 0.324 e. The van der Waals surface area contributed by atoms with Crippen molar-refractivity contribution in [2.75, 3.05) is 19.5 Å². The summed E-state index contributed by atoms with van der Waals surface area (Å²) < 4.78 is 11.4. The highest BCUT2D eigenvalue weighted by molar-refractivity contribution is 7.62. The zero-order valence-electron chi connectivity index (χ0n) is 9.39. The standard InChI is InChI=1S/C12H18NOP/c1-15(2,14)10-6-9-13-11-12-7-4-3-5-8-12/h3-5,7-9H,6,10-11H2,1-2H3. The van der Waals surface area contributed by atoms with Gasteiger partial charge in [-0.3, -0.25) is 4.99 Å². The third-order valence-electron chi connectivity index (χ3n) is 2.04. The van der Waals surface area contributed by atoms with Crippen LogP contribution >= 0.6 is 7.14 Å². The zero-order valence-corrected chi connectivity index (χ0v) is 10.3. The Bertz CT molecular complexity index is 353. The summed E-state index contributed by atoms with van der Waals surface area (Å²) in [6, 6.07) is 10.1. The second-order valence-electron chi connectivity index (χ2n) is 4.10. The van der Waals surface area contributed by atoms with Crippen molar-refractivity contribution in [3.63, 3.8) is 0 Å². The minimum Gasteiger partial charge on any atom is -0.324 e. The molecule has 0 fully saturated rings. The first-order valence-electron chi connectivity index (χ1n) is 5.14. The maximum Gasteiger partial charge on any atom is 0.0822 e. The van der Waals surface area contributed by atoms with E-state index in [9.17, 15) is 4.57 Å². The first kappa shape index (κ1) is 12.2. The highest BCUT2D eigenvalue weighted by Gasteiger charge is 2.03. The number of benzene rings is 1. The van der Waals surface area contributed by atoms with E-state index in [-0.39, 0.29) is 0 Å². The maximum atomic E-state index is 11.4. The lowest BCUT2D eigenvalue weighted by Crippen LogP contribution is -1.88. The van der Waals surface area contributed by atoms with Crippen LogP contribution in [0.5, 0.6) is 0 Å². The van der Waals surface area contributed by atoms with Gasteiger partial charge in [0.2, 0.25) is 0 Å². The van der Waals surface area contributed by atoms with Crippen LogP contribution < -0.4 is 0 Å². The Morgan fingerprint density at radius 2 is 1.93 bits per heavy atom. The molecule has 1 rings (SSSR count). The molecule has 0 saturated carbocycles. The summed E-state index contributed by atoms with van der Waals surface area (Å²) in [6.07, 6.45) is 3.45. The van der Waals surface area contributed by atoms with E-state index in [1.807, 2.05) is 37.7 Å². The van der Waals surface area contributed by atoms with E-state index >= 15 is 0 Å². The van der Waals surface area contributed by atoms with E-state index in [1.54, 1.807) is 0 Å². The molecule has 0 aromatic heterocycles. The number of nitrogens with zero attached hydrogens (tertiary/aromatic N) is 1. The zero-order chi connectivity index (χ0) is 11.1. The summed E-state index contributed by atoms with van der Waals surface area (Å²) in [5.41, 5.74) is 1.21. The van der Waals surface area contributed by atoms with E-state index in [0.29, 0.717) is 0 Å². The van der Waals surface area contributed by atoms with Crippen LogP contribution in [0.15, 0.2) is 35.3 Å². The van der Waals surface area contributed by atoms with Gasteiger partial charge >= 0.3 is 0 Å². The molecule has 0 saturated heterocycles. The highest BCUT2D eigenvalue weighted by Crippen LogP contribution is 2.35. The molecule has 0 atom stereocenters. The Hall–Kier alpha value is -0.880. The van der Waals surface area contributed by atoms with E-state index < -0.39 is 7.14 Å². The summed E-state index contributed by atoms with van der Waals surface area (Å²) in [5.74, 6) is 0. The average molecular weight is 223 g/mol. The molecule has 82 valence electrons. The molecular weight excluding hydrogens is 205 g/mol. The summed E-state index contributed by atoms with van der Waals surface area (Å²) in [7, 11) is -1.87. The van der Waals surface area contributed by atoms with Crippen LogP contribution in [0.2, 0.25) is 0 Å². The fraction of sp³-hybridized carbons (Fsp3) is 0.417. The summed E-state index contributed by atoms with van der Waals surface area (Å²) >= 11 is 0. The smallest absolute Gasteiger partial charge is 0.0822 e. The van der Waals surface area contributed by atoms with Crippen LogP contribution in [0.1, 0.15) is 12.0 Å². The molecular formula is C12H18NOP. The second-order valence-corrected chi connectivity index (χ2v) is 7.69. The third kappa shape index (κ3) is 6.24. The highest BCUT2D eigenvalue weighted by atomic mass is 31.2. The van der Waals surface area contributed by atoms with Gasteiger partial charge in [-0.05, 0) is 31.5 Å². The van der Waals surface area contributed by atoms with Crippen molar-refractivity contribution in [1.29, 1.82) is 0 Å². The van der Waals surface area contributed by atoms with Crippen molar-refractivity contribution in [2.45, 2.75) is 13.0 Å². The Balaban J connectivity index is 2.26. The fourth-order valence-electron chi connectivity index (χ4n) is 1.21. The lowest BCUT2D eigenvalue weighted by atomic mass is 10.2. The fourth-order valence-corrected chi connectivity index (χ4v) is 1.95. The minimum absolute atomic E-state index is 0.721. The summed E-state index contributed by atoms with van der Waals surface area (Å²) in [4.78, 5) is 4.30. The van der Waals surface area contributed by atoms with Crippen LogP contribution in [0.25, 0.3) is 0 Å². The van der Waals surface area contributed by atoms with Gasteiger partial charge in [-0.15, -0.1) is 0 Å². The average Bonchev–Trinajstić information content (AvgIpc) is 2.17. The first-order valence-corrected chi connectivity index (χ1v) is 7.93. The number of rotatable bonds is 5. The van der Waals surface area contributed by atoms with E-state index in [1.165, 1.54) is 5.56 Å². The van der Waals surface area contributed by atoms with Crippen LogP contribution in [0.4, 0.5) is 0 Å². The molecule has 0 amide bonds. The van der Waals surface area contributed by atoms with Gasteiger partial charge in [0.15, 0.2) is 0 Å². The van der Waals surface area contributed by atoms with Gasteiger partial charge in [0.25, 0.3) is 0 Å². The lowest BCUT2D eigenvalue weighted by Gasteiger charge is -2.01. The number of aliphatic imine (C=N–C) groups is 1. The molecule has 0 unspecified atom stereocenters. The minimum atomic E-state index is -1.87. The molecule has 0 N–H and O–H groups in total. The predicted molar refractivity (Wildman–Crippen MR) is 67.6 cm³/mol. The van der Waals surface area contributed by atoms with E-state index in [4.69, 9.17) is 0 Å². The van der Waals surface area contributed by atoms with Gasteiger partial charge < -0.3 is 4.57 Å². The number of hydrogen-bond acceptors (Lipinski definition) is 2. The first-order chi connectivity index (χ1) is 7.08. The van der Waals surface area contributed by atoms with Gasteiger partial charge in [-0.25, -0.2) is 0 Å². The Morgan fingerprint density at radius 3 is 2.53 bits per heavy atom. The van der Waals surface area contributed by atoms with Gasteiger partial charge in [0, 0.05) is 6.16 Å². The van der Waals surface area contributed by atoms with Crippen LogP contribution in [-0.2, 0) is 11.1 Å². The topological polar surface area (TPSA) is 29.4 Å². The van der Waals surface area contributed by atoms with Crippen molar-refractivity contribution < 1.29 is 4.57 Å². The monoisotopic (exact) mass is 223 g/mol. The summed E-state index contributed by atoms with van der Waals surface area (Å²) in [6.45, 7) is 4.36. The molecule has 0 aliphatic heterocycles. The number of hydrogen-bond donors (Lipinski definition) is 0. The quantitative estimate of drug-likeness (QED) is 0.556. The molecule has 15 heavy (non-hydrogen) atoms. The molecule has 0 aliphatic rings. The second kappa shape index (κ2) is 5.87. The Kier molecular flexibility index (Phi) is 4.77. The van der Waals surface area contributed by atoms with Gasteiger partial charge in [0.05, 0.1) is 13.7 Å². The Morgan fingerprint density at radius 1 is 1.27 bits per heavy atom.